The molecule has 3 aliphatic rings. The normalized spacial score (nSPS) is 34.3. The van der Waals surface area contributed by atoms with Gasteiger partial charge in [0.25, 0.3) is 5.91 Å². The summed E-state index contributed by atoms with van der Waals surface area (Å²) < 4.78 is 0. The number of nitrogens with zero attached hydrogens (tertiary/aromatic N) is 2. The number of thiazole rings is 1. The number of nitrogens with one attached hydrogen (secondary N) is 1. The number of likely N-dealkylation sites (tertiary alicyclic amines) is 1. The fraction of sp³-hybridized carbons (Fsp3) is 0.565. The number of hydrogen-bond donors (Lipinski definition) is 1. The van der Waals surface area contributed by atoms with E-state index in [-0.39, 0.29) is 17.4 Å². The number of carbonyl (C=O) groups excluding carboxylic acids is 1. The van der Waals surface area contributed by atoms with Gasteiger partial charge < -0.3 is 10.2 Å². The summed E-state index contributed by atoms with van der Waals surface area (Å²) in [6.45, 7) is 4.39. The summed E-state index contributed by atoms with van der Waals surface area (Å²) in [6, 6.07) is 12.1. The first kappa shape index (κ1) is 18.3. The summed E-state index contributed by atoms with van der Waals surface area (Å²) >= 11 is 1.50. The predicted octanol–water partition coefficient (Wildman–Crippen LogP) is 4.20. The van der Waals surface area contributed by atoms with E-state index >= 15 is 0 Å². The third-order valence-electron chi connectivity index (χ3n) is 7.47. The zero-order valence-electron chi connectivity index (χ0n) is 16.7. The first-order valence-electron chi connectivity index (χ1n) is 10.6. The molecule has 5 heteroatoms. The molecule has 28 heavy (non-hydrogen) atoms. The molecular weight excluding hydrogens is 366 g/mol. The largest absolute Gasteiger partial charge is 0.329 e. The number of carbonyl (C=O) groups is 1. The Hall–Kier alpha value is -1.72. The lowest BCUT2D eigenvalue weighted by Gasteiger charge is -2.51. The van der Waals surface area contributed by atoms with Crippen LogP contribution in [0.25, 0.3) is 0 Å². The van der Waals surface area contributed by atoms with Gasteiger partial charge in [0.2, 0.25) is 0 Å². The van der Waals surface area contributed by atoms with Crippen LogP contribution in [-0.4, -0.2) is 40.0 Å². The molecule has 2 bridgehead atoms. The van der Waals surface area contributed by atoms with Gasteiger partial charge in [-0.1, -0.05) is 50.1 Å². The van der Waals surface area contributed by atoms with E-state index in [0.717, 1.165) is 23.4 Å². The van der Waals surface area contributed by atoms with Crippen molar-refractivity contribution < 1.29 is 4.79 Å². The highest BCUT2D eigenvalue weighted by atomic mass is 32.1. The van der Waals surface area contributed by atoms with Crippen LogP contribution in [0, 0.1) is 12.3 Å². The lowest BCUT2D eigenvalue weighted by molar-refractivity contribution is 0.00345. The highest BCUT2D eigenvalue weighted by Gasteiger charge is 2.59. The molecule has 1 amide bonds. The number of hydrogen-bond acceptors (Lipinski definition) is 4. The maximum atomic E-state index is 13.8. The third kappa shape index (κ3) is 2.82. The Kier molecular flexibility index (Phi) is 4.55. The van der Waals surface area contributed by atoms with Gasteiger partial charge in [-0.3, -0.25) is 4.79 Å². The summed E-state index contributed by atoms with van der Waals surface area (Å²) in [7, 11) is 0. The Morgan fingerprint density at radius 2 is 2.07 bits per heavy atom. The molecule has 3 fully saturated rings. The number of aromatic nitrogens is 1. The SMILES string of the molecule is Cc1ncsc1C(=O)N1[C@@H](Cc2ccccc2)[C@@H]2C[C@@]3(C)[C@H](CCCC[C@@H]13)N2. The minimum absolute atomic E-state index is 0.183. The minimum atomic E-state index is 0.183. The van der Waals surface area contributed by atoms with E-state index in [1.54, 1.807) is 0 Å². The lowest BCUT2D eigenvalue weighted by Crippen LogP contribution is -2.61. The fourth-order valence-corrected chi connectivity index (χ4v) is 6.81. The van der Waals surface area contributed by atoms with Crippen LogP contribution in [0.3, 0.4) is 0 Å². The summed E-state index contributed by atoms with van der Waals surface area (Å²) in [4.78, 5) is 21.3. The maximum Gasteiger partial charge on any atom is 0.266 e. The van der Waals surface area contributed by atoms with Gasteiger partial charge in [-0.25, -0.2) is 4.98 Å². The average molecular weight is 396 g/mol. The van der Waals surface area contributed by atoms with Crippen molar-refractivity contribution in [2.45, 2.75) is 76.5 Å². The Morgan fingerprint density at radius 3 is 2.82 bits per heavy atom. The van der Waals surface area contributed by atoms with Gasteiger partial charge in [-0.05, 0) is 38.2 Å². The summed E-state index contributed by atoms with van der Waals surface area (Å²) in [5.41, 5.74) is 4.18. The van der Waals surface area contributed by atoms with Gasteiger partial charge in [-0.2, -0.15) is 0 Å². The summed E-state index contributed by atoms with van der Waals surface area (Å²) in [5, 5.41) is 3.97. The van der Waals surface area contributed by atoms with E-state index in [2.05, 4.69) is 52.5 Å². The van der Waals surface area contributed by atoms with E-state index in [9.17, 15) is 4.79 Å². The highest BCUT2D eigenvalue weighted by Crippen LogP contribution is 2.51. The first-order valence-corrected chi connectivity index (χ1v) is 11.5. The molecule has 2 saturated heterocycles. The van der Waals surface area contributed by atoms with Gasteiger partial charge in [0.1, 0.15) is 4.88 Å². The molecule has 1 N–H and O–H groups in total. The molecule has 4 nitrogen and oxygen atoms in total. The Bertz CT molecular complexity index is 866. The maximum absolute atomic E-state index is 13.8. The molecule has 1 aliphatic carbocycles. The summed E-state index contributed by atoms with van der Waals surface area (Å²) in [5.74, 6) is 0.200. The van der Waals surface area contributed by atoms with Gasteiger partial charge >= 0.3 is 0 Å². The third-order valence-corrected chi connectivity index (χ3v) is 8.39. The van der Waals surface area contributed by atoms with Crippen LogP contribution in [0.15, 0.2) is 35.8 Å². The van der Waals surface area contributed by atoms with Crippen LogP contribution in [0.5, 0.6) is 0 Å². The number of aryl methyl sites for hydroxylation is 1. The van der Waals surface area contributed by atoms with Crippen molar-refractivity contribution in [3.8, 4) is 0 Å². The quantitative estimate of drug-likeness (QED) is 0.847. The van der Waals surface area contributed by atoms with E-state index < -0.39 is 0 Å². The second-order valence-corrected chi connectivity index (χ2v) is 9.93. The van der Waals surface area contributed by atoms with Crippen LogP contribution < -0.4 is 5.32 Å². The van der Waals surface area contributed by atoms with Crippen molar-refractivity contribution >= 4 is 17.2 Å². The molecule has 1 aromatic carbocycles. The Morgan fingerprint density at radius 1 is 1.29 bits per heavy atom. The molecule has 2 aromatic rings. The highest BCUT2D eigenvalue weighted by molar-refractivity contribution is 7.11. The van der Waals surface area contributed by atoms with Crippen molar-refractivity contribution in [2.75, 3.05) is 0 Å². The standard InChI is InChI=1S/C23H29N3OS/c1-15-21(28-14-24-15)22(27)26-18(12-16-8-4-3-5-9-16)17-13-23(2)19(25-17)10-6-7-11-20(23)26/h3-5,8-9,14,17-20,25H,6-7,10-13H2,1-2H3/t17-,18-,19-,20+,23-/m0/s1. The van der Waals surface area contributed by atoms with Crippen molar-refractivity contribution in [3.63, 3.8) is 0 Å². The number of rotatable bonds is 3. The number of piperidine rings is 1. The van der Waals surface area contributed by atoms with Gasteiger partial charge in [0.15, 0.2) is 0 Å². The van der Waals surface area contributed by atoms with Gasteiger partial charge in [-0.15, -0.1) is 11.3 Å². The van der Waals surface area contributed by atoms with Crippen LogP contribution >= 0.6 is 11.3 Å². The molecule has 1 saturated carbocycles. The molecule has 1 aromatic heterocycles. The van der Waals surface area contributed by atoms with Gasteiger partial charge in [0, 0.05) is 23.5 Å². The monoisotopic (exact) mass is 395 g/mol. The Balaban J connectivity index is 1.57. The van der Waals surface area contributed by atoms with Gasteiger partial charge in [0.05, 0.1) is 17.2 Å². The van der Waals surface area contributed by atoms with Crippen molar-refractivity contribution in [3.05, 3.63) is 52.0 Å². The predicted molar refractivity (Wildman–Crippen MR) is 113 cm³/mol. The Labute approximate surface area is 171 Å². The molecule has 148 valence electrons. The molecule has 0 radical (unpaired) electrons. The second kappa shape index (κ2) is 6.96. The van der Waals surface area contributed by atoms with Crippen LogP contribution in [0.2, 0.25) is 0 Å². The summed E-state index contributed by atoms with van der Waals surface area (Å²) in [6.07, 6.45) is 6.94. The molecule has 0 unspecified atom stereocenters. The van der Waals surface area contributed by atoms with Crippen LogP contribution in [-0.2, 0) is 6.42 Å². The molecule has 0 spiro atoms. The van der Waals surface area contributed by atoms with Crippen LogP contribution in [0.4, 0.5) is 0 Å². The molecule has 3 heterocycles. The number of amides is 1. The zero-order chi connectivity index (χ0) is 19.3. The van der Waals surface area contributed by atoms with E-state index in [4.69, 9.17) is 0 Å². The van der Waals surface area contributed by atoms with E-state index in [1.807, 2.05) is 12.4 Å². The molecular formula is C23H29N3OS. The van der Waals surface area contributed by atoms with Crippen molar-refractivity contribution in [1.82, 2.24) is 15.2 Å². The van der Waals surface area contributed by atoms with Crippen LogP contribution in [0.1, 0.15) is 60.0 Å². The average Bonchev–Trinajstić information content (AvgIpc) is 3.21. The second-order valence-electron chi connectivity index (χ2n) is 9.07. The fourth-order valence-electron chi connectivity index (χ4n) is 6.06. The lowest BCUT2D eigenvalue weighted by atomic mass is 9.69. The molecule has 5 atom stereocenters. The first-order chi connectivity index (χ1) is 13.6. The van der Waals surface area contributed by atoms with E-state index in [1.165, 1.54) is 42.6 Å². The number of fused-ring (bicyclic) bond motifs is 1. The molecule has 5 rings (SSSR count). The van der Waals surface area contributed by atoms with Crippen molar-refractivity contribution in [2.24, 2.45) is 5.41 Å². The van der Waals surface area contributed by atoms with E-state index in [0.29, 0.717) is 18.1 Å². The van der Waals surface area contributed by atoms with Crippen molar-refractivity contribution in [1.29, 1.82) is 0 Å². The minimum Gasteiger partial charge on any atom is -0.329 e. The number of benzene rings is 1. The smallest absolute Gasteiger partial charge is 0.266 e. The molecule has 2 aliphatic heterocycles. The topological polar surface area (TPSA) is 45.2 Å². The zero-order valence-corrected chi connectivity index (χ0v) is 17.5.